The molecule has 0 saturated carbocycles. The van der Waals surface area contributed by atoms with Gasteiger partial charge in [-0.1, -0.05) is 127 Å². The first-order valence-corrected chi connectivity index (χ1v) is 13.4. The third-order valence-electron chi connectivity index (χ3n) is 7.41. The molecular formula is C38H27N. The van der Waals surface area contributed by atoms with Gasteiger partial charge in [0.1, 0.15) is 0 Å². The van der Waals surface area contributed by atoms with Crippen LogP contribution in [-0.4, -0.2) is 0 Å². The van der Waals surface area contributed by atoms with Crippen molar-refractivity contribution < 1.29 is 0 Å². The number of hydrogen-bond donors (Lipinski definition) is 0. The van der Waals surface area contributed by atoms with E-state index in [0.717, 1.165) is 17.1 Å². The lowest BCUT2D eigenvalue weighted by Gasteiger charge is -2.29. The average Bonchev–Trinajstić information content (AvgIpc) is 3.02. The first kappa shape index (κ1) is 23.0. The number of benzene rings is 7. The van der Waals surface area contributed by atoms with E-state index in [1.54, 1.807) is 0 Å². The minimum atomic E-state index is 1.12. The van der Waals surface area contributed by atoms with E-state index < -0.39 is 0 Å². The molecule has 0 aliphatic heterocycles. The van der Waals surface area contributed by atoms with E-state index in [1.807, 2.05) is 0 Å². The van der Waals surface area contributed by atoms with Gasteiger partial charge >= 0.3 is 0 Å². The molecule has 184 valence electrons. The van der Waals surface area contributed by atoms with E-state index in [0.29, 0.717) is 0 Å². The third-order valence-corrected chi connectivity index (χ3v) is 7.41. The van der Waals surface area contributed by atoms with Crippen molar-refractivity contribution in [2.45, 2.75) is 0 Å². The van der Waals surface area contributed by atoms with E-state index in [1.165, 1.54) is 43.8 Å². The van der Waals surface area contributed by atoms with Crippen molar-refractivity contribution >= 4 is 38.6 Å². The fourth-order valence-corrected chi connectivity index (χ4v) is 5.55. The van der Waals surface area contributed by atoms with Crippen molar-refractivity contribution in [3.05, 3.63) is 164 Å². The summed E-state index contributed by atoms with van der Waals surface area (Å²) in [6.07, 6.45) is 0. The minimum absolute atomic E-state index is 1.12. The molecule has 7 aromatic carbocycles. The van der Waals surface area contributed by atoms with Gasteiger partial charge in [-0.2, -0.15) is 0 Å². The molecule has 0 atom stereocenters. The molecule has 39 heavy (non-hydrogen) atoms. The first-order chi connectivity index (χ1) is 19.3. The summed E-state index contributed by atoms with van der Waals surface area (Å²) < 4.78 is 0. The normalized spacial score (nSPS) is 11.1. The van der Waals surface area contributed by atoms with E-state index in [9.17, 15) is 0 Å². The zero-order chi connectivity index (χ0) is 26.0. The van der Waals surface area contributed by atoms with E-state index >= 15 is 0 Å². The number of rotatable bonds is 5. The summed E-state index contributed by atoms with van der Waals surface area (Å²) in [7, 11) is 0. The van der Waals surface area contributed by atoms with Gasteiger partial charge in [0, 0.05) is 16.9 Å². The summed E-state index contributed by atoms with van der Waals surface area (Å²) >= 11 is 0. The van der Waals surface area contributed by atoms with Gasteiger partial charge in [0.25, 0.3) is 0 Å². The Balaban J connectivity index is 1.51. The molecule has 0 spiro atoms. The summed E-state index contributed by atoms with van der Waals surface area (Å²) in [5.74, 6) is 0. The molecule has 0 aromatic heterocycles. The van der Waals surface area contributed by atoms with Gasteiger partial charge in [-0.3, -0.25) is 0 Å². The summed E-state index contributed by atoms with van der Waals surface area (Å²) in [5, 5.41) is 4.96. The Morgan fingerprint density at radius 3 is 1.77 bits per heavy atom. The molecule has 0 heterocycles. The Labute approximate surface area is 229 Å². The number of hydrogen-bond acceptors (Lipinski definition) is 1. The number of anilines is 3. The molecule has 0 fully saturated rings. The molecular weight excluding hydrogens is 470 g/mol. The Hall–Kier alpha value is -5.14. The second-order valence-corrected chi connectivity index (χ2v) is 9.83. The molecule has 0 aliphatic carbocycles. The minimum Gasteiger partial charge on any atom is -0.310 e. The van der Waals surface area contributed by atoms with Gasteiger partial charge in [0.15, 0.2) is 0 Å². The molecule has 0 radical (unpaired) electrons. The van der Waals surface area contributed by atoms with Gasteiger partial charge in [0.05, 0.1) is 5.69 Å². The molecule has 1 nitrogen and oxygen atoms in total. The van der Waals surface area contributed by atoms with Crippen molar-refractivity contribution in [2.75, 3.05) is 4.90 Å². The highest BCUT2D eigenvalue weighted by Crippen LogP contribution is 2.45. The van der Waals surface area contributed by atoms with Crippen molar-refractivity contribution in [1.82, 2.24) is 0 Å². The number of para-hydroxylation sites is 1. The van der Waals surface area contributed by atoms with Crippen LogP contribution in [0.1, 0.15) is 0 Å². The highest BCUT2D eigenvalue weighted by atomic mass is 15.1. The van der Waals surface area contributed by atoms with Crippen LogP contribution >= 0.6 is 0 Å². The maximum absolute atomic E-state index is 2.39. The summed E-state index contributed by atoms with van der Waals surface area (Å²) in [4.78, 5) is 2.39. The number of fused-ring (bicyclic) bond motifs is 2. The number of nitrogens with zero attached hydrogens (tertiary/aromatic N) is 1. The smallest absolute Gasteiger partial charge is 0.0546 e. The third kappa shape index (κ3) is 4.35. The van der Waals surface area contributed by atoms with Crippen molar-refractivity contribution in [1.29, 1.82) is 0 Å². The predicted molar refractivity (Wildman–Crippen MR) is 167 cm³/mol. The Morgan fingerprint density at radius 1 is 0.333 bits per heavy atom. The zero-order valence-electron chi connectivity index (χ0n) is 21.5. The second-order valence-electron chi connectivity index (χ2n) is 9.83. The Morgan fingerprint density at radius 2 is 0.949 bits per heavy atom. The van der Waals surface area contributed by atoms with Gasteiger partial charge in [-0.05, 0) is 74.6 Å². The maximum Gasteiger partial charge on any atom is 0.0546 e. The lowest BCUT2D eigenvalue weighted by Crippen LogP contribution is -2.11. The van der Waals surface area contributed by atoms with Crippen LogP contribution < -0.4 is 4.90 Å². The molecule has 0 N–H and O–H groups in total. The van der Waals surface area contributed by atoms with Crippen LogP contribution in [-0.2, 0) is 0 Å². The van der Waals surface area contributed by atoms with Crippen LogP contribution in [0.15, 0.2) is 164 Å². The Bertz CT molecular complexity index is 1910. The average molecular weight is 498 g/mol. The maximum atomic E-state index is 2.39. The second kappa shape index (κ2) is 9.96. The molecule has 0 amide bonds. The summed E-state index contributed by atoms with van der Waals surface area (Å²) in [5.41, 5.74) is 8.25. The summed E-state index contributed by atoms with van der Waals surface area (Å²) in [6, 6.07) is 58.7. The molecule has 1 heteroatoms. The van der Waals surface area contributed by atoms with Crippen molar-refractivity contribution in [2.24, 2.45) is 0 Å². The lowest BCUT2D eigenvalue weighted by atomic mass is 9.93. The van der Waals surface area contributed by atoms with Crippen molar-refractivity contribution in [3.8, 4) is 22.3 Å². The van der Waals surface area contributed by atoms with Crippen LogP contribution in [0.4, 0.5) is 17.1 Å². The van der Waals surface area contributed by atoms with Crippen LogP contribution in [0.3, 0.4) is 0 Å². The zero-order valence-corrected chi connectivity index (χ0v) is 21.5. The SMILES string of the molecule is c1ccc(-c2cccc(N(c3ccccc3)c3ccc4ccccc4c3-c3ccc4ccccc4c3)c2)cc1. The van der Waals surface area contributed by atoms with E-state index in [-0.39, 0.29) is 0 Å². The molecule has 0 unspecified atom stereocenters. The lowest BCUT2D eigenvalue weighted by molar-refractivity contribution is 1.29. The highest BCUT2D eigenvalue weighted by molar-refractivity contribution is 6.06. The predicted octanol–water partition coefficient (Wildman–Crippen LogP) is 10.8. The quantitative estimate of drug-likeness (QED) is 0.229. The van der Waals surface area contributed by atoms with Crippen LogP contribution in [0.25, 0.3) is 43.8 Å². The topological polar surface area (TPSA) is 3.24 Å². The highest BCUT2D eigenvalue weighted by Gasteiger charge is 2.20. The fraction of sp³-hybridized carbons (Fsp3) is 0. The first-order valence-electron chi connectivity index (χ1n) is 13.4. The molecule has 0 bridgehead atoms. The fourth-order valence-electron chi connectivity index (χ4n) is 5.55. The van der Waals surface area contributed by atoms with Gasteiger partial charge in [0.2, 0.25) is 0 Å². The monoisotopic (exact) mass is 497 g/mol. The molecule has 7 aromatic rings. The van der Waals surface area contributed by atoms with Gasteiger partial charge in [-0.15, -0.1) is 0 Å². The molecule has 7 rings (SSSR count). The largest absolute Gasteiger partial charge is 0.310 e. The van der Waals surface area contributed by atoms with Crippen LogP contribution in [0, 0.1) is 0 Å². The Kier molecular flexibility index (Phi) is 5.88. The van der Waals surface area contributed by atoms with Gasteiger partial charge < -0.3 is 4.90 Å². The van der Waals surface area contributed by atoms with E-state index in [4.69, 9.17) is 0 Å². The molecule has 0 aliphatic rings. The molecule has 0 saturated heterocycles. The van der Waals surface area contributed by atoms with Crippen LogP contribution in [0.5, 0.6) is 0 Å². The van der Waals surface area contributed by atoms with Crippen LogP contribution in [0.2, 0.25) is 0 Å². The van der Waals surface area contributed by atoms with Gasteiger partial charge in [-0.25, -0.2) is 0 Å². The summed E-state index contributed by atoms with van der Waals surface area (Å²) in [6.45, 7) is 0. The van der Waals surface area contributed by atoms with E-state index in [2.05, 4.69) is 169 Å². The standard InChI is InChI=1S/C38H27N/c1-3-12-28(13-4-1)32-17-11-20-35(27-32)39(34-18-5-2-6-19-34)37-25-24-30-15-9-10-21-36(30)38(37)33-23-22-29-14-7-8-16-31(29)26-33/h1-27H. The van der Waals surface area contributed by atoms with Crippen molar-refractivity contribution in [3.63, 3.8) is 0 Å².